The van der Waals surface area contributed by atoms with Crippen LogP contribution >= 0.6 is 0 Å². The molecule has 2 N–H and O–H groups in total. The number of nitrogens with one attached hydrogen (secondary N) is 2. The van der Waals surface area contributed by atoms with Crippen LogP contribution in [0.25, 0.3) is 16.6 Å². The topological polar surface area (TPSA) is 84.8 Å². The fraction of sp³-hybridized carbons (Fsp3) is 0.150. The average molecular weight is 361 g/mol. The van der Waals surface area contributed by atoms with Crippen molar-refractivity contribution in [1.82, 2.24) is 25.1 Å². The fourth-order valence-corrected chi connectivity index (χ4v) is 2.97. The van der Waals surface area contributed by atoms with Gasteiger partial charge in [-0.25, -0.2) is 9.67 Å². The molecule has 0 saturated carbocycles. The molecule has 0 bridgehead atoms. The van der Waals surface area contributed by atoms with Gasteiger partial charge in [-0.1, -0.05) is 12.1 Å². The molecule has 4 rings (SSSR count). The maximum Gasteiger partial charge on any atom is 0.268 e. The Morgan fingerprint density at radius 2 is 2.00 bits per heavy atom. The highest BCUT2D eigenvalue weighted by Crippen LogP contribution is 2.22. The highest BCUT2D eigenvalue weighted by Gasteiger charge is 2.14. The second kappa shape index (κ2) is 6.95. The molecule has 1 unspecified atom stereocenters. The zero-order valence-corrected chi connectivity index (χ0v) is 15.0. The lowest BCUT2D eigenvalue weighted by molar-refractivity contribution is 0.0935. The van der Waals surface area contributed by atoms with Crippen molar-refractivity contribution in [3.63, 3.8) is 0 Å². The van der Waals surface area contributed by atoms with Gasteiger partial charge in [-0.3, -0.25) is 4.79 Å². The Bertz CT molecular complexity index is 1070. The van der Waals surface area contributed by atoms with E-state index in [2.05, 4.69) is 20.4 Å². The normalized spacial score (nSPS) is 12.1. The average Bonchev–Trinajstić information content (AvgIpc) is 3.37. The Morgan fingerprint density at radius 3 is 2.70 bits per heavy atom. The number of hydrogen-bond acceptors (Lipinski definition) is 4. The zero-order valence-electron chi connectivity index (χ0n) is 15.0. The molecule has 0 spiro atoms. The summed E-state index contributed by atoms with van der Waals surface area (Å²) >= 11 is 0. The first kappa shape index (κ1) is 16.8. The van der Waals surface area contributed by atoms with E-state index >= 15 is 0 Å². The number of aromatic nitrogens is 4. The van der Waals surface area contributed by atoms with Crippen molar-refractivity contribution in [2.45, 2.75) is 13.0 Å². The minimum atomic E-state index is -0.155. The maximum absolute atomic E-state index is 12.6. The second-order valence-electron chi connectivity index (χ2n) is 6.26. The van der Waals surface area contributed by atoms with Crippen molar-refractivity contribution in [2.75, 3.05) is 7.11 Å². The first-order valence-electron chi connectivity index (χ1n) is 8.56. The molecular formula is C20H19N5O2. The Labute approximate surface area is 156 Å². The largest absolute Gasteiger partial charge is 0.497 e. The van der Waals surface area contributed by atoms with Crippen LogP contribution in [0.4, 0.5) is 0 Å². The molecule has 2 heterocycles. The lowest BCUT2D eigenvalue weighted by Crippen LogP contribution is -2.26. The van der Waals surface area contributed by atoms with Crippen LogP contribution in [0.2, 0.25) is 0 Å². The lowest BCUT2D eigenvalue weighted by atomic mass is 10.1. The van der Waals surface area contributed by atoms with E-state index < -0.39 is 0 Å². The third-order valence-corrected chi connectivity index (χ3v) is 4.50. The summed E-state index contributed by atoms with van der Waals surface area (Å²) < 4.78 is 6.91. The number of amides is 1. The Balaban J connectivity index is 1.48. The van der Waals surface area contributed by atoms with Crippen molar-refractivity contribution < 1.29 is 9.53 Å². The minimum absolute atomic E-state index is 0.136. The zero-order chi connectivity index (χ0) is 18.8. The number of benzene rings is 2. The number of methoxy groups -OCH3 is 1. The number of ether oxygens (including phenoxy) is 1. The molecule has 0 radical (unpaired) electrons. The summed E-state index contributed by atoms with van der Waals surface area (Å²) in [5.74, 6) is 0.593. The van der Waals surface area contributed by atoms with Crippen LogP contribution in [0.15, 0.2) is 61.2 Å². The van der Waals surface area contributed by atoms with Gasteiger partial charge in [0.05, 0.1) is 18.8 Å². The van der Waals surface area contributed by atoms with Gasteiger partial charge in [0, 0.05) is 17.0 Å². The number of aromatic amines is 1. The summed E-state index contributed by atoms with van der Waals surface area (Å²) in [4.78, 5) is 19.7. The van der Waals surface area contributed by atoms with Gasteiger partial charge in [-0.15, -0.1) is 0 Å². The first-order valence-corrected chi connectivity index (χ1v) is 8.56. The smallest absolute Gasteiger partial charge is 0.268 e. The molecule has 136 valence electrons. The van der Waals surface area contributed by atoms with Crippen LogP contribution in [0, 0.1) is 0 Å². The van der Waals surface area contributed by atoms with Gasteiger partial charge >= 0.3 is 0 Å². The standard InChI is InChI=1S/C20H19N5O2/c1-13(14-3-6-16(7-4-14)25-12-21-11-22-25)23-20(26)19-9-15-5-8-17(27-2)10-18(15)24-19/h3-13,24H,1-2H3,(H,23,26). The molecule has 0 aliphatic carbocycles. The fourth-order valence-electron chi connectivity index (χ4n) is 2.97. The molecule has 0 saturated heterocycles. The number of carbonyl (C=O) groups is 1. The van der Waals surface area contributed by atoms with Crippen molar-refractivity contribution in [3.8, 4) is 11.4 Å². The molecular weight excluding hydrogens is 342 g/mol. The van der Waals surface area contributed by atoms with Crippen molar-refractivity contribution in [3.05, 3.63) is 72.4 Å². The van der Waals surface area contributed by atoms with Gasteiger partial charge in [0.1, 0.15) is 24.1 Å². The summed E-state index contributed by atoms with van der Waals surface area (Å²) in [5.41, 5.74) is 3.30. The van der Waals surface area contributed by atoms with E-state index in [1.54, 1.807) is 18.1 Å². The maximum atomic E-state index is 12.6. The Hall–Kier alpha value is -3.61. The number of hydrogen-bond donors (Lipinski definition) is 2. The number of carbonyl (C=O) groups excluding carboxylic acids is 1. The molecule has 27 heavy (non-hydrogen) atoms. The quantitative estimate of drug-likeness (QED) is 0.571. The predicted octanol–water partition coefficient (Wildman–Crippen LogP) is 3.25. The van der Waals surface area contributed by atoms with E-state index in [-0.39, 0.29) is 11.9 Å². The third kappa shape index (κ3) is 3.39. The van der Waals surface area contributed by atoms with Gasteiger partial charge in [0.25, 0.3) is 5.91 Å². The van der Waals surface area contributed by atoms with E-state index in [1.165, 1.54) is 6.33 Å². The molecule has 0 aliphatic heterocycles. The van der Waals surface area contributed by atoms with E-state index in [0.29, 0.717) is 5.69 Å². The van der Waals surface area contributed by atoms with Crippen LogP contribution in [-0.4, -0.2) is 32.8 Å². The summed E-state index contributed by atoms with van der Waals surface area (Å²) in [7, 11) is 1.62. The van der Waals surface area contributed by atoms with Crippen LogP contribution < -0.4 is 10.1 Å². The highest BCUT2D eigenvalue weighted by molar-refractivity contribution is 5.98. The summed E-state index contributed by atoms with van der Waals surface area (Å²) in [6, 6.07) is 15.2. The van der Waals surface area contributed by atoms with Gasteiger partial charge in [-0.05, 0) is 42.8 Å². The van der Waals surface area contributed by atoms with Gasteiger partial charge in [0.2, 0.25) is 0 Å². The van der Waals surface area contributed by atoms with Gasteiger partial charge in [0.15, 0.2) is 0 Å². The van der Waals surface area contributed by atoms with E-state index in [0.717, 1.165) is 27.9 Å². The Morgan fingerprint density at radius 1 is 1.19 bits per heavy atom. The van der Waals surface area contributed by atoms with Crippen molar-refractivity contribution in [2.24, 2.45) is 0 Å². The summed E-state index contributed by atoms with van der Waals surface area (Å²) in [5, 5.41) is 8.09. The molecule has 0 aliphatic rings. The third-order valence-electron chi connectivity index (χ3n) is 4.50. The van der Waals surface area contributed by atoms with Crippen LogP contribution in [-0.2, 0) is 0 Å². The van der Waals surface area contributed by atoms with E-state index in [1.807, 2.05) is 55.5 Å². The van der Waals surface area contributed by atoms with E-state index in [4.69, 9.17) is 4.74 Å². The number of rotatable bonds is 5. The molecule has 7 nitrogen and oxygen atoms in total. The van der Waals surface area contributed by atoms with Gasteiger partial charge < -0.3 is 15.0 Å². The first-order chi connectivity index (χ1) is 13.1. The van der Waals surface area contributed by atoms with Gasteiger partial charge in [-0.2, -0.15) is 5.10 Å². The predicted molar refractivity (Wildman–Crippen MR) is 102 cm³/mol. The number of nitrogens with zero attached hydrogens (tertiary/aromatic N) is 3. The van der Waals surface area contributed by atoms with Crippen molar-refractivity contribution >= 4 is 16.8 Å². The number of fused-ring (bicyclic) bond motifs is 1. The van der Waals surface area contributed by atoms with Crippen LogP contribution in [0.3, 0.4) is 0 Å². The molecule has 4 aromatic rings. The molecule has 2 aromatic carbocycles. The second-order valence-corrected chi connectivity index (χ2v) is 6.26. The molecule has 0 fully saturated rings. The van der Waals surface area contributed by atoms with Crippen LogP contribution in [0.5, 0.6) is 5.75 Å². The monoisotopic (exact) mass is 361 g/mol. The highest BCUT2D eigenvalue weighted by atomic mass is 16.5. The summed E-state index contributed by atoms with van der Waals surface area (Å²) in [6.07, 6.45) is 3.14. The van der Waals surface area contributed by atoms with Crippen LogP contribution in [0.1, 0.15) is 29.0 Å². The molecule has 7 heteroatoms. The molecule has 2 aromatic heterocycles. The number of H-pyrrole nitrogens is 1. The molecule has 1 atom stereocenters. The summed E-state index contributed by atoms with van der Waals surface area (Å²) in [6.45, 7) is 1.95. The minimum Gasteiger partial charge on any atom is -0.497 e. The Kier molecular flexibility index (Phi) is 4.33. The molecule has 1 amide bonds. The van der Waals surface area contributed by atoms with Crippen molar-refractivity contribution in [1.29, 1.82) is 0 Å². The SMILES string of the molecule is COc1ccc2cc(C(=O)NC(C)c3ccc(-n4cncn4)cc3)[nH]c2c1. The van der Waals surface area contributed by atoms with E-state index in [9.17, 15) is 4.79 Å². The lowest BCUT2D eigenvalue weighted by Gasteiger charge is -2.14.